The molecular formula is C14H22N2O5S2. The van der Waals surface area contributed by atoms with Crippen LogP contribution in [0.2, 0.25) is 0 Å². The lowest BCUT2D eigenvalue weighted by Crippen LogP contribution is -2.45. The van der Waals surface area contributed by atoms with E-state index < -0.39 is 20.0 Å². The maximum absolute atomic E-state index is 12.7. The van der Waals surface area contributed by atoms with Crippen LogP contribution in [0.1, 0.15) is 19.3 Å². The maximum Gasteiger partial charge on any atom is 0.243 e. The van der Waals surface area contributed by atoms with Gasteiger partial charge in [0, 0.05) is 26.7 Å². The monoisotopic (exact) mass is 362 g/mol. The minimum absolute atomic E-state index is 0.0376. The molecule has 0 aliphatic heterocycles. The number of rotatable bonds is 7. The molecule has 0 radical (unpaired) electrons. The summed E-state index contributed by atoms with van der Waals surface area (Å²) in [7, 11) is -4.50. The fourth-order valence-corrected chi connectivity index (χ4v) is 4.98. The summed E-state index contributed by atoms with van der Waals surface area (Å²) in [5.41, 5.74) is 0. The maximum atomic E-state index is 12.7. The largest absolute Gasteiger partial charge is 0.395 e. The lowest BCUT2D eigenvalue weighted by molar-refractivity contribution is 0.178. The van der Waals surface area contributed by atoms with Gasteiger partial charge in [0.1, 0.15) is 0 Å². The fraction of sp³-hybridized carbons (Fsp3) is 0.571. The van der Waals surface area contributed by atoms with Gasteiger partial charge in [0.25, 0.3) is 0 Å². The molecule has 1 saturated carbocycles. The van der Waals surface area contributed by atoms with Gasteiger partial charge in [-0.3, -0.25) is 0 Å². The second-order valence-electron chi connectivity index (χ2n) is 5.68. The molecule has 1 aromatic carbocycles. The van der Waals surface area contributed by atoms with Crippen LogP contribution in [0.3, 0.4) is 0 Å². The molecule has 0 heterocycles. The molecular weight excluding hydrogens is 340 g/mol. The Morgan fingerprint density at radius 2 is 1.48 bits per heavy atom. The van der Waals surface area contributed by atoms with Crippen molar-refractivity contribution in [1.82, 2.24) is 8.61 Å². The molecule has 0 saturated heterocycles. The fourth-order valence-electron chi connectivity index (χ4n) is 2.40. The van der Waals surface area contributed by atoms with Crippen molar-refractivity contribution in [2.45, 2.75) is 35.1 Å². The Labute approximate surface area is 137 Å². The third kappa shape index (κ3) is 3.58. The number of hydrogen-bond donors (Lipinski definition) is 1. The SMILES string of the molecule is CN(C)S(=O)(=O)c1ccc(S(=O)(=O)N(CCO)C2CCC2)cc1. The predicted molar refractivity (Wildman–Crippen MR) is 85.9 cm³/mol. The highest BCUT2D eigenvalue weighted by atomic mass is 32.2. The Hall–Kier alpha value is -1.00. The highest BCUT2D eigenvalue weighted by molar-refractivity contribution is 7.89. The molecule has 0 amide bonds. The normalized spacial score (nSPS) is 16.7. The summed E-state index contributed by atoms with van der Waals surface area (Å²) in [4.78, 5) is 0.0781. The van der Waals surface area contributed by atoms with Crippen molar-refractivity contribution in [3.8, 4) is 0 Å². The molecule has 9 heteroatoms. The van der Waals surface area contributed by atoms with Crippen LogP contribution in [0.15, 0.2) is 34.1 Å². The Morgan fingerprint density at radius 3 is 1.83 bits per heavy atom. The van der Waals surface area contributed by atoms with E-state index in [2.05, 4.69) is 0 Å². The second kappa shape index (κ2) is 6.86. The minimum Gasteiger partial charge on any atom is -0.395 e. The highest BCUT2D eigenvalue weighted by Crippen LogP contribution is 2.30. The second-order valence-corrected chi connectivity index (χ2v) is 9.73. The van der Waals surface area contributed by atoms with Crippen LogP contribution in [-0.4, -0.2) is 63.8 Å². The van der Waals surface area contributed by atoms with Gasteiger partial charge < -0.3 is 5.11 Å². The molecule has 2 rings (SSSR count). The van der Waals surface area contributed by atoms with Crippen LogP contribution >= 0.6 is 0 Å². The van der Waals surface area contributed by atoms with Gasteiger partial charge in [0.05, 0.1) is 16.4 Å². The zero-order valence-corrected chi connectivity index (χ0v) is 14.8. The number of benzene rings is 1. The van der Waals surface area contributed by atoms with Gasteiger partial charge in [-0.05, 0) is 37.1 Å². The van der Waals surface area contributed by atoms with Crippen molar-refractivity contribution in [2.24, 2.45) is 0 Å². The molecule has 0 aromatic heterocycles. The average molecular weight is 362 g/mol. The van der Waals surface area contributed by atoms with Crippen molar-refractivity contribution in [3.63, 3.8) is 0 Å². The van der Waals surface area contributed by atoms with E-state index in [1.807, 2.05) is 0 Å². The number of aliphatic hydroxyl groups excluding tert-OH is 1. The standard InChI is InChI=1S/C14H22N2O5S2/c1-15(2)22(18,19)13-6-8-14(9-7-13)23(20,21)16(10-11-17)12-4-3-5-12/h6-9,12,17H,3-5,10-11H2,1-2H3. The zero-order chi connectivity index (χ0) is 17.3. The quantitative estimate of drug-likeness (QED) is 0.761. The van der Waals surface area contributed by atoms with Gasteiger partial charge >= 0.3 is 0 Å². The minimum atomic E-state index is -3.74. The molecule has 1 aromatic rings. The molecule has 0 bridgehead atoms. The predicted octanol–water partition coefficient (Wildman–Crippen LogP) is 0.472. The molecule has 0 atom stereocenters. The van der Waals surface area contributed by atoms with Crippen LogP contribution in [0.5, 0.6) is 0 Å². The highest BCUT2D eigenvalue weighted by Gasteiger charge is 2.34. The average Bonchev–Trinajstić information content (AvgIpc) is 2.45. The summed E-state index contributed by atoms with van der Waals surface area (Å²) in [5, 5.41) is 9.14. The Balaban J connectivity index is 2.33. The van der Waals surface area contributed by atoms with E-state index in [4.69, 9.17) is 5.11 Å². The van der Waals surface area contributed by atoms with Crippen molar-refractivity contribution in [2.75, 3.05) is 27.2 Å². The molecule has 130 valence electrons. The Morgan fingerprint density at radius 1 is 1.00 bits per heavy atom. The van der Waals surface area contributed by atoms with Gasteiger partial charge in [-0.1, -0.05) is 6.42 Å². The van der Waals surface area contributed by atoms with Gasteiger partial charge in [-0.15, -0.1) is 0 Å². The lowest BCUT2D eigenvalue weighted by Gasteiger charge is -2.36. The van der Waals surface area contributed by atoms with Crippen LogP contribution in [0, 0.1) is 0 Å². The summed E-state index contributed by atoms with van der Waals surface area (Å²) < 4.78 is 51.8. The molecule has 23 heavy (non-hydrogen) atoms. The summed E-state index contributed by atoms with van der Waals surface area (Å²) in [5.74, 6) is 0. The molecule has 1 aliphatic carbocycles. The first kappa shape index (κ1) is 18.3. The lowest BCUT2D eigenvalue weighted by atomic mass is 9.93. The third-order valence-corrected chi connectivity index (χ3v) is 7.81. The van der Waals surface area contributed by atoms with Crippen LogP contribution < -0.4 is 0 Å². The van der Waals surface area contributed by atoms with Crippen molar-refractivity contribution in [1.29, 1.82) is 0 Å². The van der Waals surface area contributed by atoms with E-state index in [0.29, 0.717) is 0 Å². The smallest absolute Gasteiger partial charge is 0.243 e. The van der Waals surface area contributed by atoms with Gasteiger partial charge in [-0.2, -0.15) is 4.31 Å². The molecule has 1 aliphatic rings. The Bertz CT molecular complexity index is 738. The van der Waals surface area contributed by atoms with E-state index in [1.165, 1.54) is 42.7 Å². The molecule has 0 unspecified atom stereocenters. The third-order valence-electron chi connectivity index (χ3n) is 4.01. The number of nitrogens with zero attached hydrogens (tertiary/aromatic N) is 2. The number of sulfonamides is 2. The summed E-state index contributed by atoms with van der Waals surface area (Å²) in [6, 6.07) is 5.10. The van der Waals surface area contributed by atoms with E-state index in [1.54, 1.807) is 0 Å². The molecule has 0 spiro atoms. The summed E-state index contributed by atoms with van der Waals surface area (Å²) >= 11 is 0. The topological polar surface area (TPSA) is 95.0 Å². The molecule has 1 N–H and O–H groups in total. The van der Waals surface area contributed by atoms with E-state index in [9.17, 15) is 16.8 Å². The Kier molecular flexibility index (Phi) is 5.47. The first-order valence-electron chi connectivity index (χ1n) is 7.36. The first-order valence-corrected chi connectivity index (χ1v) is 10.2. The van der Waals surface area contributed by atoms with Crippen molar-refractivity contribution < 1.29 is 21.9 Å². The summed E-state index contributed by atoms with van der Waals surface area (Å²) in [6.07, 6.45) is 2.54. The van der Waals surface area contributed by atoms with Crippen molar-refractivity contribution in [3.05, 3.63) is 24.3 Å². The van der Waals surface area contributed by atoms with Crippen LogP contribution in [-0.2, 0) is 20.0 Å². The van der Waals surface area contributed by atoms with Gasteiger partial charge in [0.15, 0.2) is 0 Å². The zero-order valence-electron chi connectivity index (χ0n) is 13.2. The van der Waals surface area contributed by atoms with Crippen molar-refractivity contribution >= 4 is 20.0 Å². The van der Waals surface area contributed by atoms with Gasteiger partial charge in [-0.25, -0.2) is 21.1 Å². The molecule has 1 fully saturated rings. The molecule has 7 nitrogen and oxygen atoms in total. The number of aliphatic hydroxyl groups is 1. The first-order chi connectivity index (χ1) is 10.7. The summed E-state index contributed by atoms with van der Waals surface area (Å²) in [6.45, 7) is -0.201. The van der Waals surface area contributed by atoms with Crippen LogP contribution in [0.4, 0.5) is 0 Å². The van der Waals surface area contributed by atoms with E-state index in [0.717, 1.165) is 23.6 Å². The van der Waals surface area contributed by atoms with Crippen LogP contribution in [0.25, 0.3) is 0 Å². The van der Waals surface area contributed by atoms with E-state index in [-0.39, 0.29) is 29.0 Å². The van der Waals surface area contributed by atoms with Gasteiger partial charge in [0.2, 0.25) is 20.0 Å². The van der Waals surface area contributed by atoms with E-state index >= 15 is 0 Å². The number of hydrogen-bond acceptors (Lipinski definition) is 5.